The Hall–Kier alpha value is -1.42. The third-order valence-electron chi connectivity index (χ3n) is 5.17. The molecule has 2 saturated heterocycles. The van der Waals surface area contributed by atoms with E-state index < -0.39 is 18.3 Å². The molecule has 3 rings (SSSR count). The van der Waals surface area contributed by atoms with E-state index >= 15 is 0 Å². The van der Waals surface area contributed by atoms with Gasteiger partial charge in [0, 0.05) is 44.7 Å². The van der Waals surface area contributed by atoms with E-state index in [4.69, 9.17) is 14.6 Å². The molecule has 3 fully saturated rings. The van der Waals surface area contributed by atoms with Crippen molar-refractivity contribution in [3.63, 3.8) is 0 Å². The standard InChI is InChI=1S/C14H23FN2O2.C2HF3O2/c1-19-5-4-17-12-2-3-13(17)9-16(8-12)14(18)10-6-11(15)7-10;3-2(4,5)1(6)7/h10-13H,2-9H2,1H3;(H,6,7). The van der Waals surface area contributed by atoms with Crippen LogP contribution in [0.5, 0.6) is 0 Å². The molecule has 2 unspecified atom stereocenters. The Kier molecular flexibility index (Phi) is 6.84. The van der Waals surface area contributed by atoms with Crippen molar-refractivity contribution in [1.29, 1.82) is 0 Å². The van der Waals surface area contributed by atoms with E-state index in [9.17, 15) is 22.4 Å². The molecule has 0 aromatic carbocycles. The number of hydrogen-bond acceptors (Lipinski definition) is 4. The van der Waals surface area contributed by atoms with Gasteiger partial charge in [0.15, 0.2) is 0 Å². The van der Waals surface area contributed by atoms with Gasteiger partial charge in [-0.15, -0.1) is 0 Å². The Morgan fingerprint density at radius 3 is 2.04 bits per heavy atom. The van der Waals surface area contributed by atoms with Gasteiger partial charge in [0.25, 0.3) is 0 Å². The highest BCUT2D eigenvalue weighted by Gasteiger charge is 2.44. The zero-order chi connectivity index (χ0) is 19.5. The summed E-state index contributed by atoms with van der Waals surface area (Å²) in [6, 6.07) is 0.971. The Balaban J connectivity index is 0.000000298. The molecule has 1 aliphatic carbocycles. The molecule has 2 atom stereocenters. The Morgan fingerprint density at radius 1 is 1.15 bits per heavy atom. The lowest BCUT2D eigenvalue weighted by Crippen LogP contribution is -2.57. The predicted octanol–water partition coefficient (Wildman–Crippen LogP) is 1.69. The monoisotopic (exact) mass is 384 g/mol. The Bertz CT molecular complexity index is 497. The number of hydrogen-bond donors (Lipinski definition) is 1. The first-order chi connectivity index (χ1) is 12.1. The lowest BCUT2D eigenvalue weighted by atomic mass is 9.82. The number of carbonyl (C=O) groups is 2. The second-order valence-corrected chi connectivity index (χ2v) is 6.93. The number of fused-ring (bicyclic) bond motifs is 2. The van der Waals surface area contributed by atoms with Crippen LogP contribution in [0.15, 0.2) is 0 Å². The number of piperazine rings is 1. The van der Waals surface area contributed by atoms with Crippen molar-refractivity contribution in [2.75, 3.05) is 33.4 Å². The second-order valence-electron chi connectivity index (χ2n) is 6.93. The van der Waals surface area contributed by atoms with Crippen LogP contribution in [0, 0.1) is 5.92 Å². The van der Waals surface area contributed by atoms with Gasteiger partial charge in [-0.05, 0) is 25.7 Å². The predicted molar refractivity (Wildman–Crippen MR) is 83.3 cm³/mol. The molecule has 0 aromatic rings. The second kappa shape index (κ2) is 8.51. The first-order valence-corrected chi connectivity index (χ1v) is 8.61. The fourth-order valence-corrected chi connectivity index (χ4v) is 3.74. The fraction of sp³-hybridized carbons (Fsp3) is 0.875. The molecule has 2 bridgehead atoms. The number of halogens is 4. The number of carboxylic acid groups (broad SMARTS) is 1. The van der Waals surface area contributed by atoms with E-state index in [0.29, 0.717) is 24.9 Å². The van der Waals surface area contributed by atoms with Crippen LogP contribution in [-0.2, 0) is 14.3 Å². The summed E-state index contributed by atoms with van der Waals surface area (Å²) in [6.07, 6.45) is -2.59. The van der Waals surface area contributed by atoms with Gasteiger partial charge in [0.1, 0.15) is 6.17 Å². The van der Waals surface area contributed by atoms with Crippen LogP contribution in [0.25, 0.3) is 0 Å². The van der Waals surface area contributed by atoms with Gasteiger partial charge in [0.05, 0.1) is 6.61 Å². The van der Waals surface area contributed by atoms with E-state index in [-0.39, 0.29) is 11.8 Å². The number of methoxy groups -OCH3 is 1. The number of alkyl halides is 4. The van der Waals surface area contributed by atoms with Crippen molar-refractivity contribution < 1.29 is 37.0 Å². The van der Waals surface area contributed by atoms with E-state index in [1.54, 1.807) is 7.11 Å². The molecule has 6 nitrogen and oxygen atoms in total. The van der Waals surface area contributed by atoms with Crippen LogP contribution in [0.4, 0.5) is 17.6 Å². The van der Waals surface area contributed by atoms with E-state index in [1.807, 2.05) is 4.90 Å². The summed E-state index contributed by atoms with van der Waals surface area (Å²) in [6.45, 7) is 3.37. The average Bonchev–Trinajstić information content (AvgIpc) is 2.76. The van der Waals surface area contributed by atoms with Gasteiger partial charge < -0.3 is 14.7 Å². The minimum absolute atomic E-state index is 0.0417. The molecule has 1 saturated carbocycles. The van der Waals surface area contributed by atoms with E-state index in [0.717, 1.165) is 26.2 Å². The minimum atomic E-state index is -5.08. The number of rotatable bonds is 4. The van der Waals surface area contributed by atoms with Crippen molar-refractivity contribution in [3.8, 4) is 0 Å². The number of carbonyl (C=O) groups excluding carboxylic acids is 1. The van der Waals surface area contributed by atoms with Crippen LogP contribution < -0.4 is 0 Å². The Morgan fingerprint density at radius 2 is 1.65 bits per heavy atom. The molecule has 0 radical (unpaired) electrons. The molecule has 1 amide bonds. The highest BCUT2D eigenvalue weighted by atomic mass is 19.4. The topological polar surface area (TPSA) is 70.1 Å². The molecule has 2 heterocycles. The van der Waals surface area contributed by atoms with Crippen molar-refractivity contribution in [2.45, 2.75) is 50.1 Å². The summed E-state index contributed by atoms with van der Waals surface area (Å²) in [7, 11) is 1.73. The van der Waals surface area contributed by atoms with E-state index in [2.05, 4.69) is 4.90 Å². The number of carboxylic acids is 1. The maximum absolute atomic E-state index is 12.9. The van der Waals surface area contributed by atoms with Gasteiger partial charge in [-0.3, -0.25) is 9.69 Å². The minimum Gasteiger partial charge on any atom is -0.475 e. The maximum atomic E-state index is 12.9. The number of nitrogens with zero attached hydrogens (tertiary/aromatic N) is 2. The van der Waals surface area contributed by atoms with Crippen molar-refractivity contribution in [2.24, 2.45) is 5.92 Å². The van der Waals surface area contributed by atoms with Crippen LogP contribution >= 0.6 is 0 Å². The van der Waals surface area contributed by atoms with Crippen LogP contribution in [0.1, 0.15) is 25.7 Å². The van der Waals surface area contributed by atoms with E-state index in [1.165, 1.54) is 12.8 Å². The largest absolute Gasteiger partial charge is 0.490 e. The van der Waals surface area contributed by atoms with Crippen molar-refractivity contribution >= 4 is 11.9 Å². The average molecular weight is 384 g/mol. The summed E-state index contributed by atoms with van der Waals surface area (Å²) in [5.74, 6) is -2.61. The molecular weight excluding hydrogens is 360 g/mol. The molecule has 10 heteroatoms. The maximum Gasteiger partial charge on any atom is 0.490 e. The normalized spacial score (nSPS) is 31.0. The lowest BCUT2D eigenvalue weighted by molar-refractivity contribution is -0.192. The van der Waals surface area contributed by atoms with Gasteiger partial charge in [-0.2, -0.15) is 13.2 Å². The molecular formula is C16H24F4N2O4. The summed E-state index contributed by atoms with van der Waals surface area (Å²) >= 11 is 0. The summed E-state index contributed by atoms with van der Waals surface area (Å²) in [5, 5.41) is 7.12. The highest BCUT2D eigenvalue weighted by molar-refractivity contribution is 5.80. The smallest absolute Gasteiger partial charge is 0.475 e. The van der Waals surface area contributed by atoms with Gasteiger partial charge >= 0.3 is 12.1 Å². The summed E-state index contributed by atoms with van der Waals surface area (Å²) in [5.41, 5.74) is 0. The zero-order valence-electron chi connectivity index (χ0n) is 14.5. The van der Waals surface area contributed by atoms with Gasteiger partial charge in [-0.25, -0.2) is 9.18 Å². The van der Waals surface area contributed by atoms with Gasteiger partial charge in [-0.1, -0.05) is 0 Å². The fourth-order valence-electron chi connectivity index (χ4n) is 3.74. The molecule has 1 N–H and O–H groups in total. The van der Waals surface area contributed by atoms with Crippen molar-refractivity contribution in [3.05, 3.63) is 0 Å². The molecule has 2 aliphatic heterocycles. The first kappa shape index (κ1) is 20.9. The quantitative estimate of drug-likeness (QED) is 0.747. The van der Waals surface area contributed by atoms with Gasteiger partial charge in [0.2, 0.25) is 5.91 Å². The first-order valence-electron chi connectivity index (χ1n) is 8.61. The number of likely N-dealkylation sites (tertiary alicyclic amines) is 1. The molecule has 0 aromatic heterocycles. The van der Waals surface area contributed by atoms with Crippen molar-refractivity contribution in [1.82, 2.24) is 9.80 Å². The molecule has 0 spiro atoms. The number of aliphatic carboxylic acids is 1. The SMILES string of the molecule is COCCN1C2CCC1CN(C(=O)C1CC(F)C1)C2.O=C(O)C(F)(F)F. The highest BCUT2D eigenvalue weighted by Crippen LogP contribution is 2.35. The lowest BCUT2D eigenvalue weighted by Gasteiger charge is -2.43. The number of amides is 1. The third-order valence-corrected chi connectivity index (χ3v) is 5.17. The summed E-state index contributed by atoms with van der Waals surface area (Å²) < 4.78 is 49.8. The molecule has 26 heavy (non-hydrogen) atoms. The van der Waals surface area contributed by atoms with Crippen LogP contribution in [0.3, 0.4) is 0 Å². The molecule has 150 valence electrons. The zero-order valence-corrected chi connectivity index (χ0v) is 14.5. The van der Waals surface area contributed by atoms with Crippen LogP contribution in [-0.4, -0.2) is 84.6 Å². The third kappa shape index (κ3) is 5.06. The Labute approximate surface area is 149 Å². The molecule has 3 aliphatic rings. The number of ether oxygens (including phenoxy) is 1. The summed E-state index contributed by atoms with van der Waals surface area (Å²) in [4.78, 5) is 25.7. The van der Waals surface area contributed by atoms with Crippen LogP contribution in [0.2, 0.25) is 0 Å².